The van der Waals surface area contributed by atoms with Gasteiger partial charge < -0.3 is 30.0 Å². The van der Waals surface area contributed by atoms with Crippen molar-refractivity contribution < 1.29 is 24.1 Å². The number of aliphatic hydroxyl groups is 1. The molecule has 208 valence electrons. The van der Waals surface area contributed by atoms with E-state index in [0.29, 0.717) is 50.6 Å². The number of nitrogens with zero attached hydrogens (tertiary/aromatic N) is 1. The number of hydrogen-bond acceptors (Lipinski definition) is 7. The van der Waals surface area contributed by atoms with Gasteiger partial charge in [-0.2, -0.15) is 0 Å². The number of morpholine rings is 1. The predicted octanol–water partition coefficient (Wildman–Crippen LogP) is 4.92. The summed E-state index contributed by atoms with van der Waals surface area (Å²) < 4.78 is 19.6. The van der Waals surface area contributed by atoms with E-state index in [4.69, 9.17) is 31.5 Å². The zero-order valence-electron chi connectivity index (χ0n) is 22.1. The number of benzene rings is 2. The zero-order chi connectivity index (χ0) is 27.2. The smallest absolute Gasteiger partial charge is 0.226 e. The highest BCUT2D eigenvalue weighted by atomic mass is 35.5. The molecule has 1 aliphatic carbocycles. The number of halogens is 1. The van der Waals surface area contributed by atoms with Gasteiger partial charge in [0.25, 0.3) is 0 Å². The summed E-state index contributed by atoms with van der Waals surface area (Å²) in [5.41, 5.74) is 8.29. The minimum atomic E-state index is -0.960. The molecule has 2 aromatic carbocycles. The lowest BCUT2D eigenvalue weighted by atomic mass is 9.82. The number of unbranched alkanes of at least 4 members (excludes halogenated alkanes) is 1. The van der Waals surface area contributed by atoms with Crippen molar-refractivity contribution in [3.8, 4) is 11.1 Å². The van der Waals surface area contributed by atoms with Crippen LogP contribution in [0, 0.1) is 5.92 Å². The third-order valence-electron chi connectivity index (χ3n) is 8.57. The van der Waals surface area contributed by atoms with Gasteiger partial charge >= 0.3 is 0 Å². The average Bonchev–Trinajstić information content (AvgIpc) is 3.19. The summed E-state index contributed by atoms with van der Waals surface area (Å²) in [6.45, 7) is 1.86. The highest BCUT2D eigenvalue weighted by molar-refractivity contribution is 7.17. The quantitative estimate of drug-likeness (QED) is 0.295. The number of ether oxygens (including phenoxy) is 3. The second-order valence-electron chi connectivity index (χ2n) is 10.9. The summed E-state index contributed by atoms with van der Waals surface area (Å²) >= 11 is 8.64. The van der Waals surface area contributed by atoms with Crippen LogP contribution < -0.4 is 5.73 Å². The molecule has 0 unspecified atom stereocenters. The van der Waals surface area contributed by atoms with Crippen LogP contribution in [0.5, 0.6) is 0 Å². The van der Waals surface area contributed by atoms with Gasteiger partial charge in [-0.3, -0.25) is 4.79 Å². The van der Waals surface area contributed by atoms with E-state index in [0.717, 1.165) is 34.9 Å². The van der Waals surface area contributed by atoms with Crippen molar-refractivity contribution in [1.29, 1.82) is 0 Å². The molecule has 2 saturated heterocycles. The molecule has 9 heteroatoms. The molecule has 7 nitrogen and oxygen atoms in total. The van der Waals surface area contributed by atoms with Crippen LogP contribution in [0.4, 0.5) is 0 Å². The molecule has 1 amide bonds. The monoisotopic (exact) mass is 570 g/mol. The number of nitrogens with two attached hydrogens (primary N) is 1. The Kier molecular flexibility index (Phi) is 7.48. The molecule has 3 heterocycles. The van der Waals surface area contributed by atoms with Crippen LogP contribution in [-0.4, -0.2) is 67.3 Å². The van der Waals surface area contributed by atoms with Gasteiger partial charge in [0.2, 0.25) is 11.7 Å². The van der Waals surface area contributed by atoms with Crippen molar-refractivity contribution in [2.24, 2.45) is 11.7 Å². The Morgan fingerprint density at radius 2 is 2.08 bits per heavy atom. The van der Waals surface area contributed by atoms with Crippen molar-refractivity contribution in [1.82, 2.24) is 4.90 Å². The summed E-state index contributed by atoms with van der Waals surface area (Å²) in [7, 11) is 1.71. The second-order valence-corrected chi connectivity index (χ2v) is 12.3. The number of fused-ring (bicyclic) bond motifs is 1. The summed E-state index contributed by atoms with van der Waals surface area (Å²) in [6, 6.07) is 14.0. The maximum absolute atomic E-state index is 13.5. The van der Waals surface area contributed by atoms with E-state index in [1.807, 2.05) is 29.2 Å². The van der Waals surface area contributed by atoms with E-state index in [1.54, 1.807) is 18.4 Å². The number of carbonyl (C=O) groups excluding carboxylic acids is 1. The summed E-state index contributed by atoms with van der Waals surface area (Å²) in [6.07, 6.45) is 2.72. The first-order valence-electron chi connectivity index (χ1n) is 13.7. The van der Waals surface area contributed by atoms with Crippen LogP contribution in [0.25, 0.3) is 21.2 Å². The molecule has 3 fully saturated rings. The molecule has 1 aromatic heterocycles. The Hall–Kier alpha value is -2.04. The fourth-order valence-corrected chi connectivity index (χ4v) is 7.75. The van der Waals surface area contributed by atoms with Gasteiger partial charge in [0.15, 0.2) is 5.60 Å². The van der Waals surface area contributed by atoms with Gasteiger partial charge in [-0.15, -0.1) is 11.3 Å². The van der Waals surface area contributed by atoms with Crippen LogP contribution >= 0.6 is 22.9 Å². The lowest BCUT2D eigenvalue weighted by Gasteiger charge is -2.35. The largest absolute Gasteiger partial charge is 0.391 e. The van der Waals surface area contributed by atoms with Gasteiger partial charge in [0, 0.05) is 58.5 Å². The molecular formula is C30H35ClN2O5S. The molecule has 0 radical (unpaired) electrons. The van der Waals surface area contributed by atoms with E-state index in [1.165, 1.54) is 4.70 Å². The molecule has 39 heavy (non-hydrogen) atoms. The highest BCUT2D eigenvalue weighted by Gasteiger charge is 2.74. The first-order valence-corrected chi connectivity index (χ1v) is 15.0. The lowest BCUT2D eigenvalue weighted by molar-refractivity contribution is -0.153. The van der Waals surface area contributed by atoms with Crippen LogP contribution in [0.15, 0.2) is 47.8 Å². The zero-order valence-corrected chi connectivity index (χ0v) is 23.7. The minimum Gasteiger partial charge on any atom is -0.391 e. The Morgan fingerprint density at radius 1 is 1.23 bits per heavy atom. The maximum atomic E-state index is 13.5. The minimum absolute atomic E-state index is 0.0172. The predicted molar refractivity (Wildman–Crippen MR) is 153 cm³/mol. The molecule has 6 rings (SSSR count). The number of rotatable bonds is 8. The highest BCUT2D eigenvalue weighted by Crippen LogP contribution is 2.63. The Bertz CT molecular complexity index is 1360. The van der Waals surface area contributed by atoms with Crippen molar-refractivity contribution in [3.05, 3.63) is 58.4 Å². The van der Waals surface area contributed by atoms with Crippen LogP contribution in [0.2, 0.25) is 5.02 Å². The number of hydrogen-bond donors (Lipinski definition) is 2. The fourth-order valence-electron chi connectivity index (χ4n) is 6.52. The van der Waals surface area contributed by atoms with Crippen LogP contribution in [0.1, 0.15) is 37.7 Å². The summed E-state index contributed by atoms with van der Waals surface area (Å²) in [4.78, 5) is 15.4. The molecule has 0 bridgehead atoms. The van der Waals surface area contributed by atoms with Crippen LogP contribution in [-0.2, 0) is 24.6 Å². The van der Waals surface area contributed by atoms with E-state index < -0.39 is 17.5 Å². The van der Waals surface area contributed by atoms with Crippen molar-refractivity contribution >= 4 is 38.9 Å². The van der Waals surface area contributed by atoms with Gasteiger partial charge in [0.05, 0.1) is 19.3 Å². The number of carbonyl (C=O) groups is 1. The van der Waals surface area contributed by atoms with Crippen molar-refractivity contribution in [2.45, 2.75) is 55.6 Å². The van der Waals surface area contributed by atoms with Gasteiger partial charge in [0.1, 0.15) is 0 Å². The van der Waals surface area contributed by atoms with E-state index >= 15 is 0 Å². The number of thiophene rings is 1. The molecule has 1 spiro atoms. The van der Waals surface area contributed by atoms with E-state index in [9.17, 15) is 9.90 Å². The summed E-state index contributed by atoms with van der Waals surface area (Å²) in [5, 5.41) is 14.1. The lowest BCUT2D eigenvalue weighted by Crippen LogP contribution is -2.51. The van der Waals surface area contributed by atoms with Crippen molar-refractivity contribution in [3.63, 3.8) is 0 Å². The normalized spacial score (nSPS) is 30.4. The van der Waals surface area contributed by atoms with E-state index in [-0.39, 0.29) is 17.9 Å². The molecule has 5 atom stereocenters. The molecule has 1 saturated carbocycles. The first kappa shape index (κ1) is 27.1. The Morgan fingerprint density at radius 3 is 2.87 bits per heavy atom. The number of aliphatic hydroxyl groups excluding tert-OH is 1. The maximum Gasteiger partial charge on any atom is 0.226 e. The average molecular weight is 571 g/mol. The number of amides is 1. The third-order valence-corrected chi connectivity index (χ3v) is 9.85. The standard InChI is InChI=1S/C30H35ClN2O5S/c1-36-13-5-4-11-29(22-8-6-9-23(31)27(22)21-17-39-26-10-3-2-7-20(21)26)30(38-29)18-33(12-14-37-30)28(35)19-15-24(32)25(34)16-19/h2-3,6-10,17,19,24-25,34H,4-5,11-16,18,32H2,1H3/t19-,24+,25-,29+,30+/m0/s1. The Balaban J connectivity index is 1.37. The summed E-state index contributed by atoms with van der Waals surface area (Å²) in [5.74, 6) is -1.22. The van der Waals surface area contributed by atoms with Gasteiger partial charge in [-0.1, -0.05) is 41.9 Å². The van der Waals surface area contributed by atoms with Crippen LogP contribution in [0.3, 0.4) is 0 Å². The topological polar surface area (TPSA) is 97.6 Å². The molecule has 3 N–H and O–H groups in total. The molecule has 3 aromatic rings. The number of methoxy groups -OCH3 is 1. The van der Waals surface area contributed by atoms with Gasteiger partial charge in [-0.05, 0) is 55.2 Å². The molecule has 3 aliphatic rings. The fraction of sp³-hybridized carbons (Fsp3) is 0.500. The molecular weight excluding hydrogens is 536 g/mol. The van der Waals surface area contributed by atoms with Gasteiger partial charge in [-0.25, -0.2) is 0 Å². The first-order chi connectivity index (χ1) is 18.9. The van der Waals surface area contributed by atoms with E-state index in [2.05, 4.69) is 23.6 Å². The van der Waals surface area contributed by atoms with Crippen molar-refractivity contribution in [2.75, 3.05) is 33.4 Å². The number of epoxide rings is 1. The molecule has 2 aliphatic heterocycles. The Labute approximate surface area is 237 Å². The SMILES string of the molecule is COCCCC[C@]1(c2cccc(Cl)c2-c2csc3ccccc23)O[C@]12CN(C(=O)[C@H]1C[C@@H](N)[C@@H](O)C1)CCO2. The third kappa shape index (κ3) is 4.70. The second kappa shape index (κ2) is 10.7.